The number of fused-ring (bicyclic) bond motifs is 1. The summed E-state index contributed by atoms with van der Waals surface area (Å²) >= 11 is 4.97. The molecule has 0 aromatic carbocycles. The lowest BCUT2D eigenvalue weighted by Gasteiger charge is -2.27. The third-order valence-electron chi connectivity index (χ3n) is 3.74. The largest absolute Gasteiger partial charge is 0.479 e. The van der Waals surface area contributed by atoms with E-state index in [9.17, 15) is 0 Å². The number of ether oxygens (including phenoxy) is 5. The minimum Gasteiger partial charge on any atom is -0.479 e. The van der Waals surface area contributed by atoms with E-state index < -0.39 is 0 Å². The molecule has 3 aliphatic heterocycles. The van der Waals surface area contributed by atoms with Crippen LogP contribution in [0, 0.1) is 0 Å². The van der Waals surface area contributed by atoms with Crippen molar-refractivity contribution in [3.8, 4) is 0 Å². The highest BCUT2D eigenvalue weighted by Crippen LogP contribution is 2.32. The van der Waals surface area contributed by atoms with Gasteiger partial charge in [-0.05, 0) is 31.5 Å². The molecule has 6 heteroatoms. The summed E-state index contributed by atoms with van der Waals surface area (Å²) in [7, 11) is 0. The van der Waals surface area contributed by atoms with Crippen LogP contribution in [-0.4, -0.2) is 55.6 Å². The first-order chi connectivity index (χ1) is 9.24. The average molecular weight is 288 g/mol. The van der Waals surface area contributed by atoms with Gasteiger partial charge in [-0.2, -0.15) is 0 Å². The molecule has 0 radical (unpaired) electrons. The normalized spacial score (nSPS) is 42.1. The predicted octanol–water partition coefficient (Wildman–Crippen LogP) is 1.43. The van der Waals surface area contributed by atoms with Crippen molar-refractivity contribution in [3.05, 3.63) is 0 Å². The fourth-order valence-corrected chi connectivity index (χ4v) is 3.00. The molecule has 0 N–H and O–H groups in total. The molecule has 19 heavy (non-hydrogen) atoms. The van der Waals surface area contributed by atoms with Gasteiger partial charge in [0.1, 0.15) is 18.3 Å². The maximum absolute atomic E-state index is 5.96. The monoisotopic (exact) mass is 288 g/mol. The van der Waals surface area contributed by atoms with Gasteiger partial charge in [0.2, 0.25) is 0 Å². The van der Waals surface area contributed by atoms with Crippen LogP contribution in [0.5, 0.6) is 0 Å². The Labute approximate surface area is 118 Å². The second-order valence-electron chi connectivity index (χ2n) is 5.21. The van der Waals surface area contributed by atoms with Gasteiger partial charge in [0.25, 0.3) is 0 Å². The predicted molar refractivity (Wildman–Crippen MR) is 71.1 cm³/mol. The van der Waals surface area contributed by atoms with Crippen LogP contribution in [0.15, 0.2) is 0 Å². The molecule has 0 aromatic heterocycles. The summed E-state index contributed by atoms with van der Waals surface area (Å²) in [4.78, 5) is 0. The quantitative estimate of drug-likeness (QED) is 0.732. The van der Waals surface area contributed by atoms with Gasteiger partial charge < -0.3 is 23.7 Å². The first-order valence-corrected chi connectivity index (χ1v) is 7.32. The second kappa shape index (κ2) is 6.01. The van der Waals surface area contributed by atoms with Crippen LogP contribution in [0.3, 0.4) is 0 Å². The molecule has 3 rings (SSSR count). The Morgan fingerprint density at radius 2 is 1.79 bits per heavy atom. The summed E-state index contributed by atoms with van der Waals surface area (Å²) in [5, 5.41) is 0.526. The van der Waals surface area contributed by atoms with E-state index in [1.54, 1.807) is 6.92 Å². The lowest BCUT2D eigenvalue weighted by atomic mass is 10.1. The molecule has 0 amide bonds. The van der Waals surface area contributed by atoms with Gasteiger partial charge in [0, 0.05) is 13.5 Å². The molecule has 3 saturated heterocycles. The van der Waals surface area contributed by atoms with Gasteiger partial charge in [-0.25, -0.2) is 0 Å². The van der Waals surface area contributed by atoms with Crippen molar-refractivity contribution in [2.45, 2.75) is 56.9 Å². The first kappa shape index (κ1) is 13.7. The second-order valence-corrected chi connectivity index (χ2v) is 5.79. The minimum atomic E-state index is -0.114. The number of hydrogen-bond acceptors (Lipinski definition) is 6. The molecule has 0 aliphatic carbocycles. The van der Waals surface area contributed by atoms with Crippen LogP contribution in [0.4, 0.5) is 0 Å². The Kier molecular flexibility index (Phi) is 4.34. The SMILES string of the molecule is CC(=S)O[C@@H]1CO[C@H]2[C@H]1OC[C@H]2O[C@H]1CCCCO1. The van der Waals surface area contributed by atoms with E-state index in [1.165, 1.54) is 0 Å². The minimum absolute atomic E-state index is 0.0628. The summed E-state index contributed by atoms with van der Waals surface area (Å²) in [5.41, 5.74) is 0. The Bertz CT molecular complexity index is 331. The van der Waals surface area contributed by atoms with Gasteiger partial charge in [-0.15, -0.1) is 0 Å². The fourth-order valence-electron chi connectivity index (χ4n) is 2.87. The van der Waals surface area contributed by atoms with Crippen LogP contribution in [0.2, 0.25) is 0 Å². The van der Waals surface area contributed by atoms with Crippen LogP contribution in [-0.2, 0) is 23.7 Å². The lowest BCUT2D eigenvalue weighted by molar-refractivity contribution is -0.202. The third-order valence-corrected chi connectivity index (χ3v) is 3.84. The molecular formula is C13H20O5S. The molecule has 0 spiro atoms. The summed E-state index contributed by atoms with van der Waals surface area (Å²) in [6.45, 7) is 3.59. The Morgan fingerprint density at radius 1 is 1.05 bits per heavy atom. The topological polar surface area (TPSA) is 46.2 Å². The van der Waals surface area contributed by atoms with E-state index in [0.29, 0.717) is 18.3 Å². The van der Waals surface area contributed by atoms with Crippen LogP contribution in [0.25, 0.3) is 0 Å². The van der Waals surface area contributed by atoms with E-state index in [0.717, 1.165) is 25.9 Å². The van der Waals surface area contributed by atoms with Crippen molar-refractivity contribution in [3.63, 3.8) is 0 Å². The highest BCUT2D eigenvalue weighted by Gasteiger charge is 2.50. The van der Waals surface area contributed by atoms with E-state index >= 15 is 0 Å². The molecule has 3 aliphatic rings. The number of thiocarbonyl (C=S) groups is 1. The Balaban J connectivity index is 1.54. The molecule has 5 atom stereocenters. The number of hydrogen-bond donors (Lipinski definition) is 0. The first-order valence-electron chi connectivity index (χ1n) is 6.91. The Morgan fingerprint density at radius 3 is 2.47 bits per heavy atom. The molecule has 0 aromatic rings. The maximum Gasteiger partial charge on any atom is 0.158 e. The van der Waals surface area contributed by atoms with E-state index in [2.05, 4.69) is 0 Å². The van der Waals surface area contributed by atoms with Crippen molar-refractivity contribution in [1.82, 2.24) is 0 Å². The highest BCUT2D eigenvalue weighted by molar-refractivity contribution is 7.80. The maximum atomic E-state index is 5.96. The third kappa shape index (κ3) is 3.08. The van der Waals surface area contributed by atoms with Crippen molar-refractivity contribution in [2.24, 2.45) is 0 Å². The zero-order chi connectivity index (χ0) is 13.2. The van der Waals surface area contributed by atoms with Gasteiger partial charge in [-0.3, -0.25) is 0 Å². The standard InChI is InChI=1S/C13H20O5S/c1-8(19)17-9-6-15-13-10(7-16-12(9)13)18-11-4-2-3-5-14-11/h9-13H,2-7H2,1H3/t9-,10-,11+,12+,13-/m1/s1. The summed E-state index contributed by atoms with van der Waals surface area (Å²) < 4.78 is 28.6. The molecular weight excluding hydrogens is 268 g/mol. The lowest BCUT2D eigenvalue weighted by Crippen LogP contribution is -2.37. The molecule has 0 saturated carbocycles. The van der Waals surface area contributed by atoms with Crippen molar-refractivity contribution in [1.29, 1.82) is 0 Å². The Hall–Kier alpha value is -0.270. The number of rotatable bonds is 3. The zero-order valence-corrected chi connectivity index (χ0v) is 11.9. The molecule has 5 nitrogen and oxygen atoms in total. The average Bonchev–Trinajstić information content (AvgIpc) is 2.95. The van der Waals surface area contributed by atoms with Gasteiger partial charge >= 0.3 is 0 Å². The summed E-state index contributed by atoms with van der Waals surface area (Å²) in [6.07, 6.45) is 2.80. The molecule has 3 heterocycles. The molecule has 0 bridgehead atoms. The van der Waals surface area contributed by atoms with Gasteiger partial charge in [0.15, 0.2) is 17.4 Å². The van der Waals surface area contributed by atoms with Crippen LogP contribution >= 0.6 is 12.2 Å². The molecule has 108 valence electrons. The van der Waals surface area contributed by atoms with Crippen molar-refractivity contribution < 1.29 is 23.7 Å². The van der Waals surface area contributed by atoms with Crippen molar-refractivity contribution >= 4 is 17.3 Å². The van der Waals surface area contributed by atoms with E-state index in [1.807, 2.05) is 0 Å². The fraction of sp³-hybridized carbons (Fsp3) is 0.923. The summed E-state index contributed by atoms with van der Waals surface area (Å²) in [5.74, 6) is 0. The van der Waals surface area contributed by atoms with E-state index in [-0.39, 0.29) is 30.7 Å². The molecule has 3 fully saturated rings. The smallest absolute Gasteiger partial charge is 0.158 e. The van der Waals surface area contributed by atoms with Gasteiger partial charge in [-0.1, -0.05) is 0 Å². The zero-order valence-electron chi connectivity index (χ0n) is 11.1. The van der Waals surface area contributed by atoms with E-state index in [4.69, 9.17) is 35.9 Å². The highest BCUT2D eigenvalue weighted by atomic mass is 32.1. The van der Waals surface area contributed by atoms with Crippen LogP contribution in [0.1, 0.15) is 26.2 Å². The van der Waals surface area contributed by atoms with Gasteiger partial charge in [0.05, 0.1) is 13.2 Å². The molecule has 0 unspecified atom stereocenters. The summed E-state index contributed by atoms with van der Waals surface area (Å²) in [6, 6.07) is 0. The van der Waals surface area contributed by atoms with Crippen molar-refractivity contribution in [2.75, 3.05) is 19.8 Å². The van der Waals surface area contributed by atoms with Crippen LogP contribution < -0.4 is 0 Å².